The third-order valence-corrected chi connectivity index (χ3v) is 4.98. The zero-order valence-electron chi connectivity index (χ0n) is 11.9. The fourth-order valence-electron chi connectivity index (χ4n) is 1.84. The predicted molar refractivity (Wildman–Crippen MR) is 86.0 cm³/mol. The molecule has 0 radical (unpaired) electrons. The second kappa shape index (κ2) is 6.40. The molecule has 0 aliphatic heterocycles. The summed E-state index contributed by atoms with van der Waals surface area (Å²) in [4.78, 5) is 1.07. The Labute approximate surface area is 128 Å². The first-order valence-corrected chi connectivity index (χ1v) is 9.17. The van der Waals surface area contributed by atoms with Crippen molar-refractivity contribution in [3.8, 4) is 0 Å². The summed E-state index contributed by atoms with van der Waals surface area (Å²) < 4.78 is 28.7. The fraction of sp³-hybridized carbons (Fsp3) is 0.308. The molecule has 0 bridgehead atoms. The summed E-state index contributed by atoms with van der Waals surface area (Å²) in [5.41, 5.74) is 6.20. The number of benzene rings is 1. The van der Waals surface area contributed by atoms with Gasteiger partial charge in [0.25, 0.3) is 10.0 Å². The molecule has 2 rings (SSSR count). The SMILES string of the molecule is CCCn1cc(S(=O)(=O)Nc2ccc(SC)cc2)c(N)n1. The highest BCUT2D eigenvalue weighted by Crippen LogP contribution is 2.22. The van der Waals surface area contributed by atoms with Gasteiger partial charge in [-0.2, -0.15) is 5.10 Å². The summed E-state index contributed by atoms with van der Waals surface area (Å²) in [5.74, 6) is 0.0108. The van der Waals surface area contributed by atoms with Crippen LogP contribution < -0.4 is 10.5 Å². The predicted octanol–water partition coefficient (Wildman–Crippen LogP) is 2.40. The van der Waals surface area contributed by atoms with Crippen LogP contribution in [0.3, 0.4) is 0 Å². The molecular formula is C13H18N4O2S2. The number of nitrogens with zero attached hydrogens (tertiary/aromatic N) is 2. The Kier molecular flexibility index (Phi) is 4.79. The zero-order valence-corrected chi connectivity index (χ0v) is 13.5. The number of aryl methyl sites for hydroxylation is 1. The average Bonchev–Trinajstić information content (AvgIpc) is 2.81. The Hall–Kier alpha value is -1.67. The van der Waals surface area contributed by atoms with E-state index >= 15 is 0 Å². The average molecular weight is 326 g/mol. The molecule has 1 aromatic heterocycles. The first-order chi connectivity index (χ1) is 9.96. The number of aromatic nitrogens is 2. The van der Waals surface area contributed by atoms with Crippen LogP contribution in [0.1, 0.15) is 13.3 Å². The molecule has 0 aliphatic rings. The Bertz CT molecular complexity index is 708. The van der Waals surface area contributed by atoms with Crippen LogP contribution in [0.25, 0.3) is 0 Å². The Balaban J connectivity index is 2.24. The summed E-state index contributed by atoms with van der Waals surface area (Å²) in [6.45, 7) is 2.61. The quantitative estimate of drug-likeness (QED) is 0.796. The maximum atomic E-state index is 12.3. The van der Waals surface area contributed by atoms with Crippen LogP contribution in [0.15, 0.2) is 40.3 Å². The summed E-state index contributed by atoms with van der Waals surface area (Å²) in [5, 5.41) is 4.01. The van der Waals surface area contributed by atoms with E-state index in [1.165, 1.54) is 6.20 Å². The number of anilines is 2. The van der Waals surface area contributed by atoms with Gasteiger partial charge in [-0.25, -0.2) is 8.42 Å². The molecule has 0 amide bonds. The van der Waals surface area contributed by atoms with Gasteiger partial charge in [0.1, 0.15) is 4.90 Å². The molecule has 2 aromatic rings. The van der Waals surface area contributed by atoms with E-state index in [0.717, 1.165) is 11.3 Å². The first-order valence-electron chi connectivity index (χ1n) is 6.46. The minimum Gasteiger partial charge on any atom is -0.381 e. The lowest BCUT2D eigenvalue weighted by Crippen LogP contribution is -2.13. The van der Waals surface area contributed by atoms with Crippen LogP contribution >= 0.6 is 11.8 Å². The molecule has 0 unspecified atom stereocenters. The standard InChI is InChI=1S/C13H18N4O2S2/c1-3-8-17-9-12(13(14)15-17)21(18,19)16-10-4-6-11(20-2)7-5-10/h4-7,9,16H,3,8H2,1-2H3,(H2,14,15). The summed E-state index contributed by atoms with van der Waals surface area (Å²) in [7, 11) is -3.73. The Morgan fingerprint density at radius 1 is 1.33 bits per heavy atom. The van der Waals surface area contributed by atoms with E-state index in [1.807, 2.05) is 25.3 Å². The molecular weight excluding hydrogens is 308 g/mol. The van der Waals surface area contributed by atoms with Crippen molar-refractivity contribution in [1.82, 2.24) is 9.78 Å². The van der Waals surface area contributed by atoms with Crippen LogP contribution in [-0.2, 0) is 16.6 Å². The molecule has 21 heavy (non-hydrogen) atoms. The number of hydrogen-bond acceptors (Lipinski definition) is 5. The normalized spacial score (nSPS) is 11.5. The summed E-state index contributed by atoms with van der Waals surface area (Å²) in [6.07, 6.45) is 4.27. The maximum Gasteiger partial charge on any atom is 0.267 e. The third kappa shape index (κ3) is 3.70. The van der Waals surface area contributed by atoms with Crippen LogP contribution in [0.4, 0.5) is 11.5 Å². The van der Waals surface area contributed by atoms with Crippen molar-refractivity contribution in [3.63, 3.8) is 0 Å². The molecule has 114 valence electrons. The van der Waals surface area contributed by atoms with Crippen LogP contribution in [0.5, 0.6) is 0 Å². The number of hydrogen-bond donors (Lipinski definition) is 2. The highest BCUT2D eigenvalue weighted by atomic mass is 32.2. The molecule has 0 fully saturated rings. The van der Waals surface area contributed by atoms with Gasteiger partial charge in [0.15, 0.2) is 5.82 Å². The first kappa shape index (κ1) is 15.7. The molecule has 1 heterocycles. The van der Waals surface area contributed by atoms with Crippen molar-refractivity contribution in [2.45, 2.75) is 29.7 Å². The van der Waals surface area contributed by atoms with Crippen molar-refractivity contribution < 1.29 is 8.42 Å². The number of nitrogens with one attached hydrogen (secondary N) is 1. The molecule has 6 nitrogen and oxygen atoms in total. The van der Waals surface area contributed by atoms with Gasteiger partial charge in [0.2, 0.25) is 0 Å². The van der Waals surface area contributed by atoms with Gasteiger partial charge in [0.05, 0.1) is 0 Å². The van der Waals surface area contributed by atoms with Gasteiger partial charge < -0.3 is 5.73 Å². The largest absolute Gasteiger partial charge is 0.381 e. The van der Waals surface area contributed by atoms with Gasteiger partial charge >= 0.3 is 0 Å². The molecule has 3 N–H and O–H groups in total. The third-order valence-electron chi connectivity index (χ3n) is 2.84. The van der Waals surface area contributed by atoms with E-state index in [0.29, 0.717) is 12.2 Å². The summed E-state index contributed by atoms with van der Waals surface area (Å²) >= 11 is 1.59. The van der Waals surface area contributed by atoms with E-state index in [2.05, 4.69) is 9.82 Å². The van der Waals surface area contributed by atoms with Crippen molar-refractivity contribution in [3.05, 3.63) is 30.5 Å². The molecule has 0 saturated carbocycles. The smallest absolute Gasteiger partial charge is 0.267 e. The van der Waals surface area contributed by atoms with Gasteiger partial charge in [0, 0.05) is 23.3 Å². The van der Waals surface area contributed by atoms with E-state index < -0.39 is 10.0 Å². The van der Waals surface area contributed by atoms with Crippen molar-refractivity contribution in [2.75, 3.05) is 16.7 Å². The molecule has 0 atom stereocenters. The summed E-state index contributed by atoms with van der Waals surface area (Å²) in [6, 6.07) is 7.14. The number of thioether (sulfide) groups is 1. The highest BCUT2D eigenvalue weighted by molar-refractivity contribution is 7.98. The number of sulfonamides is 1. The van der Waals surface area contributed by atoms with Crippen LogP contribution in [-0.4, -0.2) is 24.5 Å². The van der Waals surface area contributed by atoms with Crippen LogP contribution in [0.2, 0.25) is 0 Å². The maximum absolute atomic E-state index is 12.3. The minimum atomic E-state index is -3.73. The van der Waals surface area contributed by atoms with Crippen molar-refractivity contribution >= 4 is 33.3 Å². The second-order valence-electron chi connectivity index (χ2n) is 4.48. The Morgan fingerprint density at radius 3 is 2.57 bits per heavy atom. The lowest BCUT2D eigenvalue weighted by atomic mass is 10.3. The molecule has 0 spiro atoms. The minimum absolute atomic E-state index is 0.00453. The zero-order chi connectivity index (χ0) is 15.5. The van der Waals surface area contributed by atoms with Gasteiger partial charge in [-0.3, -0.25) is 9.40 Å². The Morgan fingerprint density at radius 2 is 2.00 bits per heavy atom. The molecule has 0 aliphatic carbocycles. The molecule has 8 heteroatoms. The molecule has 1 aromatic carbocycles. The van der Waals surface area contributed by atoms with Crippen molar-refractivity contribution in [1.29, 1.82) is 0 Å². The second-order valence-corrected chi connectivity index (χ2v) is 7.01. The van der Waals surface area contributed by atoms with Crippen LogP contribution in [0, 0.1) is 0 Å². The molecule has 0 saturated heterocycles. The van der Waals surface area contributed by atoms with E-state index in [4.69, 9.17) is 5.73 Å². The van der Waals surface area contributed by atoms with E-state index in [-0.39, 0.29) is 10.7 Å². The number of rotatable bonds is 6. The lowest BCUT2D eigenvalue weighted by molar-refractivity contribution is 0.595. The van der Waals surface area contributed by atoms with Gasteiger partial charge in [-0.1, -0.05) is 6.92 Å². The van der Waals surface area contributed by atoms with Gasteiger partial charge in [-0.05, 0) is 36.9 Å². The highest BCUT2D eigenvalue weighted by Gasteiger charge is 2.21. The topological polar surface area (TPSA) is 90.0 Å². The van der Waals surface area contributed by atoms with Gasteiger partial charge in [-0.15, -0.1) is 11.8 Å². The number of nitrogens with two attached hydrogens (primary N) is 1. The van der Waals surface area contributed by atoms with Crippen molar-refractivity contribution in [2.24, 2.45) is 0 Å². The number of nitrogen functional groups attached to an aromatic ring is 1. The monoisotopic (exact) mass is 326 g/mol. The fourth-order valence-corrected chi connectivity index (χ4v) is 3.38. The van der Waals surface area contributed by atoms with E-state index in [9.17, 15) is 8.42 Å². The van der Waals surface area contributed by atoms with E-state index in [1.54, 1.807) is 28.6 Å². The lowest BCUT2D eigenvalue weighted by Gasteiger charge is -2.07.